The molecule has 0 radical (unpaired) electrons. The van der Waals surface area contributed by atoms with Crippen molar-refractivity contribution in [2.45, 2.75) is 60.0 Å². The Morgan fingerprint density at radius 3 is 2.42 bits per heavy atom. The lowest BCUT2D eigenvalue weighted by Gasteiger charge is -2.12. The van der Waals surface area contributed by atoms with E-state index in [1.165, 1.54) is 5.69 Å². The summed E-state index contributed by atoms with van der Waals surface area (Å²) in [6.45, 7) is 11.4. The Morgan fingerprint density at radius 2 is 1.85 bits per heavy atom. The number of unbranched alkanes of at least 4 members (excludes halogenated alkanes) is 1. The number of aromatic nitrogens is 5. The number of nitrogens with zero attached hydrogens (tertiary/aromatic N) is 6. The van der Waals surface area contributed by atoms with E-state index in [1.807, 2.05) is 25.5 Å². The minimum absolute atomic E-state index is 0.510. The lowest BCUT2D eigenvalue weighted by molar-refractivity contribution is 0.554. The third-order valence-corrected chi connectivity index (χ3v) is 4.33. The highest BCUT2D eigenvalue weighted by molar-refractivity contribution is 5.79. The molecule has 2 heterocycles. The summed E-state index contributed by atoms with van der Waals surface area (Å²) in [5.74, 6) is 2.59. The van der Waals surface area contributed by atoms with Gasteiger partial charge in [-0.1, -0.05) is 13.3 Å². The van der Waals surface area contributed by atoms with Crippen LogP contribution in [0.4, 0.5) is 0 Å². The molecule has 0 aliphatic heterocycles. The standard InChI is InChI=1S/C18H32N8/c1-6-7-9-19-18(21-13-17-23-22-16(4)25(17)5)20-10-8-11-26-15(3)12-14(2)24-26/h12H,6-11,13H2,1-5H3,(H2,19,20,21). The van der Waals surface area contributed by atoms with Gasteiger partial charge in [0, 0.05) is 32.4 Å². The number of hydrogen-bond acceptors (Lipinski definition) is 4. The van der Waals surface area contributed by atoms with Crippen LogP contribution in [0.5, 0.6) is 0 Å². The third kappa shape index (κ3) is 5.86. The van der Waals surface area contributed by atoms with Gasteiger partial charge in [-0.05, 0) is 39.7 Å². The normalized spacial score (nSPS) is 11.8. The average molecular weight is 361 g/mol. The van der Waals surface area contributed by atoms with Crippen LogP contribution >= 0.6 is 0 Å². The molecule has 2 aromatic heterocycles. The molecule has 0 aliphatic rings. The van der Waals surface area contributed by atoms with Crippen LogP contribution in [-0.2, 0) is 20.1 Å². The number of rotatable bonds is 9. The molecule has 26 heavy (non-hydrogen) atoms. The van der Waals surface area contributed by atoms with Gasteiger partial charge in [-0.3, -0.25) is 4.68 Å². The Hall–Kier alpha value is -2.38. The number of aryl methyl sites for hydroxylation is 4. The molecule has 0 saturated heterocycles. The first-order valence-corrected chi connectivity index (χ1v) is 9.39. The van der Waals surface area contributed by atoms with Gasteiger partial charge in [0.2, 0.25) is 0 Å². The maximum atomic E-state index is 4.65. The quantitative estimate of drug-likeness (QED) is 0.405. The van der Waals surface area contributed by atoms with Gasteiger partial charge in [0.15, 0.2) is 11.8 Å². The van der Waals surface area contributed by atoms with Crippen molar-refractivity contribution in [3.63, 3.8) is 0 Å². The van der Waals surface area contributed by atoms with Crippen molar-refractivity contribution in [3.8, 4) is 0 Å². The van der Waals surface area contributed by atoms with Crippen molar-refractivity contribution in [1.82, 2.24) is 35.2 Å². The zero-order valence-electron chi connectivity index (χ0n) is 16.7. The van der Waals surface area contributed by atoms with Crippen molar-refractivity contribution in [2.24, 2.45) is 12.0 Å². The Bertz CT molecular complexity index is 713. The third-order valence-electron chi connectivity index (χ3n) is 4.33. The van der Waals surface area contributed by atoms with Crippen LogP contribution in [0.2, 0.25) is 0 Å². The number of nitrogens with one attached hydrogen (secondary N) is 2. The average Bonchev–Trinajstić information content (AvgIpc) is 3.10. The lowest BCUT2D eigenvalue weighted by atomic mass is 10.3. The number of hydrogen-bond donors (Lipinski definition) is 2. The summed E-state index contributed by atoms with van der Waals surface area (Å²) in [6.07, 6.45) is 3.26. The van der Waals surface area contributed by atoms with Gasteiger partial charge in [0.05, 0.1) is 5.69 Å². The summed E-state index contributed by atoms with van der Waals surface area (Å²) in [7, 11) is 1.96. The highest BCUT2D eigenvalue weighted by atomic mass is 15.3. The molecular formula is C18H32N8. The Kier molecular flexibility index (Phi) is 7.62. The molecular weight excluding hydrogens is 328 g/mol. The van der Waals surface area contributed by atoms with Crippen LogP contribution in [0.15, 0.2) is 11.1 Å². The molecule has 144 valence electrons. The Morgan fingerprint density at radius 1 is 1.12 bits per heavy atom. The van der Waals surface area contributed by atoms with Crippen LogP contribution in [0.3, 0.4) is 0 Å². The van der Waals surface area contributed by atoms with Crippen molar-refractivity contribution >= 4 is 5.96 Å². The van der Waals surface area contributed by atoms with E-state index in [9.17, 15) is 0 Å². The van der Waals surface area contributed by atoms with E-state index in [0.717, 1.165) is 62.2 Å². The minimum atomic E-state index is 0.510. The molecule has 0 aliphatic carbocycles. The largest absolute Gasteiger partial charge is 0.356 e. The van der Waals surface area contributed by atoms with E-state index in [0.29, 0.717) is 6.54 Å². The summed E-state index contributed by atoms with van der Waals surface area (Å²) >= 11 is 0. The van der Waals surface area contributed by atoms with E-state index in [1.54, 1.807) is 0 Å². The van der Waals surface area contributed by atoms with Gasteiger partial charge in [0.1, 0.15) is 12.4 Å². The summed E-state index contributed by atoms with van der Waals surface area (Å²) in [5, 5.41) is 19.6. The molecule has 0 amide bonds. The zero-order chi connectivity index (χ0) is 18.9. The highest BCUT2D eigenvalue weighted by Crippen LogP contribution is 2.02. The van der Waals surface area contributed by atoms with Gasteiger partial charge < -0.3 is 15.2 Å². The van der Waals surface area contributed by atoms with Crippen LogP contribution in [0.25, 0.3) is 0 Å². The van der Waals surface area contributed by atoms with Crippen LogP contribution in [-0.4, -0.2) is 43.6 Å². The molecule has 0 spiro atoms. The molecule has 8 nitrogen and oxygen atoms in total. The predicted octanol–water partition coefficient (Wildman–Crippen LogP) is 1.86. The van der Waals surface area contributed by atoms with E-state index in [4.69, 9.17) is 0 Å². The minimum Gasteiger partial charge on any atom is -0.356 e. The first-order chi connectivity index (χ1) is 12.5. The smallest absolute Gasteiger partial charge is 0.191 e. The second-order valence-corrected chi connectivity index (χ2v) is 6.60. The Balaban J connectivity index is 1.86. The molecule has 0 atom stereocenters. The molecule has 0 saturated carbocycles. The summed E-state index contributed by atoms with van der Waals surface area (Å²) in [6, 6.07) is 2.11. The van der Waals surface area contributed by atoms with Crippen molar-refractivity contribution in [2.75, 3.05) is 13.1 Å². The van der Waals surface area contributed by atoms with Gasteiger partial charge in [0.25, 0.3) is 0 Å². The van der Waals surface area contributed by atoms with Gasteiger partial charge in [-0.25, -0.2) is 4.99 Å². The Labute approximate surface area is 156 Å². The fraction of sp³-hybridized carbons (Fsp3) is 0.667. The van der Waals surface area contributed by atoms with Gasteiger partial charge in [-0.15, -0.1) is 10.2 Å². The van der Waals surface area contributed by atoms with E-state index in [2.05, 4.69) is 55.5 Å². The topological polar surface area (TPSA) is 85.0 Å². The first-order valence-electron chi connectivity index (χ1n) is 9.39. The van der Waals surface area contributed by atoms with Gasteiger partial charge in [-0.2, -0.15) is 5.10 Å². The van der Waals surface area contributed by atoms with E-state index < -0.39 is 0 Å². The molecule has 2 rings (SSSR count). The monoisotopic (exact) mass is 360 g/mol. The number of aliphatic imine (C=N–C) groups is 1. The summed E-state index contributed by atoms with van der Waals surface area (Å²) in [4.78, 5) is 4.65. The highest BCUT2D eigenvalue weighted by Gasteiger charge is 2.05. The van der Waals surface area contributed by atoms with Crippen molar-refractivity contribution in [1.29, 1.82) is 0 Å². The molecule has 8 heteroatoms. The summed E-state index contributed by atoms with van der Waals surface area (Å²) < 4.78 is 4.02. The summed E-state index contributed by atoms with van der Waals surface area (Å²) in [5.41, 5.74) is 2.27. The van der Waals surface area contributed by atoms with Crippen LogP contribution in [0, 0.1) is 20.8 Å². The molecule has 2 aromatic rings. The molecule has 0 aromatic carbocycles. The molecule has 2 N–H and O–H groups in total. The van der Waals surface area contributed by atoms with E-state index >= 15 is 0 Å². The maximum Gasteiger partial charge on any atom is 0.191 e. The second kappa shape index (κ2) is 9.94. The first kappa shape index (κ1) is 19.9. The predicted molar refractivity (Wildman–Crippen MR) is 104 cm³/mol. The van der Waals surface area contributed by atoms with Crippen molar-refractivity contribution < 1.29 is 0 Å². The fourth-order valence-corrected chi connectivity index (χ4v) is 2.63. The van der Waals surface area contributed by atoms with E-state index in [-0.39, 0.29) is 0 Å². The SMILES string of the molecule is CCCCNC(=NCc1nnc(C)n1C)NCCCn1nc(C)cc1C. The van der Waals surface area contributed by atoms with Gasteiger partial charge >= 0.3 is 0 Å². The second-order valence-electron chi connectivity index (χ2n) is 6.60. The van der Waals surface area contributed by atoms with Crippen LogP contribution < -0.4 is 10.6 Å². The molecule has 0 fully saturated rings. The molecule has 0 unspecified atom stereocenters. The maximum absolute atomic E-state index is 4.65. The fourth-order valence-electron chi connectivity index (χ4n) is 2.63. The van der Waals surface area contributed by atoms with Crippen LogP contribution in [0.1, 0.15) is 49.2 Å². The number of guanidine groups is 1. The van der Waals surface area contributed by atoms with Crippen molar-refractivity contribution in [3.05, 3.63) is 29.1 Å². The lowest BCUT2D eigenvalue weighted by Crippen LogP contribution is -2.38. The zero-order valence-corrected chi connectivity index (χ0v) is 16.7. The molecule has 0 bridgehead atoms.